The molecule has 84 valence electrons. The van der Waals surface area contributed by atoms with Crippen LogP contribution >= 0.6 is 12.4 Å². The second kappa shape index (κ2) is 18.1. The zero-order valence-electron chi connectivity index (χ0n) is 9.89. The van der Waals surface area contributed by atoms with E-state index in [4.69, 9.17) is 0 Å². The predicted octanol–water partition coefficient (Wildman–Crippen LogP) is 2.39. The molecule has 0 amide bonds. The van der Waals surface area contributed by atoms with E-state index in [0.29, 0.717) is 0 Å². The molecule has 0 fully saturated rings. The molecule has 0 aliphatic carbocycles. The lowest BCUT2D eigenvalue weighted by Crippen LogP contribution is -2.12. The van der Waals surface area contributed by atoms with Crippen LogP contribution in [0.3, 0.4) is 0 Å². The Bertz CT molecular complexity index is 67.9. The first kappa shape index (κ1) is 18.9. The summed E-state index contributed by atoms with van der Waals surface area (Å²) in [6, 6.07) is 0. The van der Waals surface area contributed by atoms with Crippen molar-refractivity contribution < 1.29 is 0 Å². The van der Waals surface area contributed by atoms with E-state index in [2.05, 4.69) is 31.2 Å². The molecule has 2 nitrogen and oxygen atoms in total. The van der Waals surface area contributed by atoms with Crippen molar-refractivity contribution in [2.75, 3.05) is 34.7 Å². The van der Waals surface area contributed by atoms with Crippen molar-refractivity contribution in [3.8, 4) is 0 Å². The Hall–Kier alpha value is 0.210. The molecule has 0 aliphatic rings. The van der Waals surface area contributed by atoms with Gasteiger partial charge in [0.1, 0.15) is 0 Å². The largest absolute Gasteiger partial charge is 0.323 e. The number of hydrogen-bond acceptors (Lipinski definition) is 2. The first-order valence-electron chi connectivity index (χ1n) is 4.92. The molecule has 0 aromatic carbocycles. The molecule has 13 heavy (non-hydrogen) atoms. The Morgan fingerprint density at radius 1 is 1.00 bits per heavy atom. The Kier molecular flexibility index (Phi) is 26.3. The van der Waals surface area contributed by atoms with E-state index in [9.17, 15) is 0 Å². The predicted molar refractivity (Wildman–Crippen MR) is 64.9 cm³/mol. The molecule has 0 aliphatic heterocycles. The Morgan fingerprint density at radius 3 is 1.77 bits per heavy atom. The molecule has 0 heterocycles. The molecule has 0 bridgehead atoms. The number of nitrogens with one attached hydrogen (secondary N) is 1. The Balaban J connectivity index is -0.000000220. The van der Waals surface area contributed by atoms with Gasteiger partial charge in [-0.3, -0.25) is 0 Å². The van der Waals surface area contributed by atoms with Gasteiger partial charge in [-0.15, -0.1) is 12.4 Å². The van der Waals surface area contributed by atoms with Crippen molar-refractivity contribution in [1.82, 2.24) is 10.2 Å². The first-order chi connectivity index (χ1) is 5.68. The second-order valence-corrected chi connectivity index (χ2v) is 3.36. The van der Waals surface area contributed by atoms with Crippen molar-refractivity contribution in [3.63, 3.8) is 0 Å². The SMILES string of the molecule is CCCCCCN(C)C.CNC.Cl. The fourth-order valence-corrected chi connectivity index (χ4v) is 0.855. The number of halogens is 1. The normalized spacial score (nSPS) is 8.77. The second-order valence-electron chi connectivity index (χ2n) is 3.36. The van der Waals surface area contributed by atoms with E-state index in [-0.39, 0.29) is 12.4 Å². The molecule has 0 aromatic heterocycles. The van der Waals surface area contributed by atoms with Gasteiger partial charge in [-0.1, -0.05) is 26.2 Å². The van der Waals surface area contributed by atoms with Crippen LogP contribution < -0.4 is 5.32 Å². The maximum Gasteiger partial charge on any atom is -0.00248 e. The summed E-state index contributed by atoms with van der Waals surface area (Å²) < 4.78 is 0. The smallest absolute Gasteiger partial charge is 0.00248 e. The highest BCUT2D eigenvalue weighted by molar-refractivity contribution is 5.85. The van der Waals surface area contributed by atoms with Crippen LogP contribution in [0.15, 0.2) is 0 Å². The molecule has 0 saturated heterocycles. The van der Waals surface area contributed by atoms with Crippen LogP contribution in [-0.2, 0) is 0 Å². The molecule has 3 heteroatoms. The van der Waals surface area contributed by atoms with Gasteiger partial charge < -0.3 is 10.2 Å². The Morgan fingerprint density at radius 2 is 1.46 bits per heavy atom. The van der Waals surface area contributed by atoms with Gasteiger partial charge in [0.25, 0.3) is 0 Å². The first-order valence-corrected chi connectivity index (χ1v) is 4.92. The molecule has 0 saturated carbocycles. The minimum atomic E-state index is 0. The van der Waals surface area contributed by atoms with Gasteiger partial charge in [0, 0.05) is 0 Å². The fraction of sp³-hybridized carbons (Fsp3) is 1.00. The fourth-order valence-electron chi connectivity index (χ4n) is 0.855. The summed E-state index contributed by atoms with van der Waals surface area (Å²) >= 11 is 0. The van der Waals surface area contributed by atoms with Gasteiger partial charge in [-0.2, -0.15) is 0 Å². The molecular formula is C10H27ClN2. The maximum atomic E-state index is 2.75. The van der Waals surface area contributed by atoms with Crippen molar-refractivity contribution >= 4 is 12.4 Å². The van der Waals surface area contributed by atoms with Gasteiger partial charge in [-0.05, 0) is 41.2 Å². The molecule has 0 spiro atoms. The lowest BCUT2D eigenvalue weighted by atomic mass is 10.2. The van der Waals surface area contributed by atoms with E-state index >= 15 is 0 Å². The standard InChI is InChI=1S/C8H19N.C2H7N.ClH/c1-4-5-6-7-8-9(2)3;1-3-2;/h4-8H2,1-3H3;3H,1-2H3;1H. The third-order valence-corrected chi connectivity index (χ3v) is 1.46. The number of rotatable bonds is 5. The highest BCUT2D eigenvalue weighted by atomic mass is 35.5. The lowest BCUT2D eigenvalue weighted by Gasteiger charge is -2.07. The molecular weight excluding hydrogens is 184 g/mol. The zero-order valence-corrected chi connectivity index (χ0v) is 10.7. The quantitative estimate of drug-likeness (QED) is 0.702. The van der Waals surface area contributed by atoms with Crippen molar-refractivity contribution in [2.24, 2.45) is 0 Å². The van der Waals surface area contributed by atoms with E-state index < -0.39 is 0 Å². The highest BCUT2D eigenvalue weighted by Crippen LogP contribution is 1.98. The van der Waals surface area contributed by atoms with Gasteiger partial charge in [0.05, 0.1) is 0 Å². The lowest BCUT2D eigenvalue weighted by molar-refractivity contribution is 0.391. The molecule has 1 N–H and O–H groups in total. The van der Waals surface area contributed by atoms with Crippen LogP contribution in [0, 0.1) is 0 Å². The Labute approximate surface area is 90.5 Å². The van der Waals surface area contributed by atoms with E-state index in [1.807, 2.05) is 14.1 Å². The van der Waals surface area contributed by atoms with Crippen molar-refractivity contribution in [2.45, 2.75) is 32.6 Å². The molecule has 0 atom stereocenters. The van der Waals surface area contributed by atoms with Crippen LogP contribution in [0.2, 0.25) is 0 Å². The molecule has 0 aromatic rings. The maximum absolute atomic E-state index is 2.75. The van der Waals surface area contributed by atoms with Crippen molar-refractivity contribution in [3.05, 3.63) is 0 Å². The van der Waals surface area contributed by atoms with E-state index in [1.54, 1.807) is 0 Å². The van der Waals surface area contributed by atoms with Gasteiger partial charge in [0.15, 0.2) is 0 Å². The number of hydrogen-bond donors (Lipinski definition) is 1. The minimum Gasteiger partial charge on any atom is -0.323 e. The number of unbranched alkanes of at least 4 members (excludes halogenated alkanes) is 3. The molecule has 0 unspecified atom stereocenters. The van der Waals surface area contributed by atoms with E-state index in [1.165, 1.54) is 32.2 Å². The van der Waals surface area contributed by atoms with Gasteiger partial charge in [0.2, 0.25) is 0 Å². The summed E-state index contributed by atoms with van der Waals surface area (Å²) in [5.41, 5.74) is 0. The van der Waals surface area contributed by atoms with E-state index in [0.717, 1.165) is 0 Å². The van der Waals surface area contributed by atoms with Gasteiger partial charge in [-0.25, -0.2) is 0 Å². The van der Waals surface area contributed by atoms with Gasteiger partial charge >= 0.3 is 0 Å². The number of nitrogens with zero attached hydrogens (tertiary/aromatic N) is 1. The average molecular weight is 211 g/mol. The van der Waals surface area contributed by atoms with Crippen LogP contribution in [-0.4, -0.2) is 39.6 Å². The summed E-state index contributed by atoms with van der Waals surface area (Å²) in [4.78, 5) is 2.25. The third-order valence-electron chi connectivity index (χ3n) is 1.46. The highest BCUT2D eigenvalue weighted by Gasteiger charge is 1.88. The zero-order chi connectivity index (χ0) is 9.82. The third kappa shape index (κ3) is 33.0. The summed E-state index contributed by atoms with van der Waals surface area (Å²) in [6.07, 6.45) is 5.50. The van der Waals surface area contributed by atoms with Crippen LogP contribution in [0.5, 0.6) is 0 Å². The topological polar surface area (TPSA) is 15.3 Å². The van der Waals surface area contributed by atoms with Crippen molar-refractivity contribution in [1.29, 1.82) is 0 Å². The van der Waals surface area contributed by atoms with Crippen LogP contribution in [0.4, 0.5) is 0 Å². The summed E-state index contributed by atoms with van der Waals surface area (Å²) in [6.45, 7) is 3.50. The molecule has 0 rings (SSSR count). The summed E-state index contributed by atoms with van der Waals surface area (Å²) in [5, 5.41) is 2.75. The molecule has 0 radical (unpaired) electrons. The minimum absolute atomic E-state index is 0. The summed E-state index contributed by atoms with van der Waals surface area (Å²) in [7, 11) is 8.01. The van der Waals surface area contributed by atoms with Crippen LogP contribution in [0.25, 0.3) is 0 Å². The average Bonchev–Trinajstić information content (AvgIpc) is 1.99. The summed E-state index contributed by atoms with van der Waals surface area (Å²) in [5.74, 6) is 0. The monoisotopic (exact) mass is 210 g/mol. The van der Waals surface area contributed by atoms with Crippen LogP contribution in [0.1, 0.15) is 32.6 Å².